The summed E-state index contributed by atoms with van der Waals surface area (Å²) in [5, 5.41) is 8.30. The summed E-state index contributed by atoms with van der Waals surface area (Å²) in [7, 11) is 0. The summed E-state index contributed by atoms with van der Waals surface area (Å²) in [5.41, 5.74) is 0.701. The number of amides is 3. The lowest BCUT2D eigenvalue weighted by Gasteiger charge is -2.34. The number of ether oxygens (including phenoxy) is 2. The summed E-state index contributed by atoms with van der Waals surface area (Å²) in [6, 6.07) is 7.89. The number of hydrogen-bond donors (Lipinski definition) is 3. The molecule has 1 aliphatic rings. The number of Topliss-reactive ketones (excluding diaryl/α,β-unsaturated/α-hetero) is 1. The molecule has 9 nitrogen and oxygen atoms in total. The zero-order valence-electron chi connectivity index (χ0n) is 19.1. The van der Waals surface area contributed by atoms with Gasteiger partial charge in [-0.15, -0.1) is 23.5 Å². The van der Waals surface area contributed by atoms with Crippen LogP contribution in [0.1, 0.15) is 33.1 Å². The monoisotopic (exact) mass is 497 g/mol. The first-order valence-corrected chi connectivity index (χ1v) is 13.0. The van der Waals surface area contributed by atoms with Crippen molar-refractivity contribution in [3.05, 3.63) is 30.3 Å². The molecule has 1 aromatic carbocycles. The van der Waals surface area contributed by atoms with Gasteiger partial charge in [-0.05, 0) is 38.7 Å². The van der Waals surface area contributed by atoms with Gasteiger partial charge in [0.25, 0.3) is 0 Å². The van der Waals surface area contributed by atoms with Crippen LogP contribution in [0.2, 0.25) is 0 Å². The number of hydrogen-bond acceptors (Lipinski definition) is 8. The van der Waals surface area contributed by atoms with Crippen LogP contribution in [-0.4, -0.2) is 65.3 Å². The predicted octanol–water partition coefficient (Wildman–Crippen LogP) is 3.40. The summed E-state index contributed by atoms with van der Waals surface area (Å²) in [4.78, 5) is 49.7. The van der Waals surface area contributed by atoms with Crippen LogP contribution in [0.3, 0.4) is 0 Å². The Morgan fingerprint density at radius 2 is 1.67 bits per heavy atom. The number of anilines is 1. The summed E-state index contributed by atoms with van der Waals surface area (Å²) in [6.07, 6.45) is 1.23. The van der Waals surface area contributed by atoms with Crippen LogP contribution in [0, 0.1) is 0 Å². The Balaban J connectivity index is 2.04. The van der Waals surface area contributed by atoms with Crippen molar-refractivity contribution in [3.63, 3.8) is 0 Å². The van der Waals surface area contributed by atoms with E-state index < -0.39 is 28.3 Å². The van der Waals surface area contributed by atoms with E-state index in [0.29, 0.717) is 17.9 Å². The van der Waals surface area contributed by atoms with E-state index >= 15 is 0 Å². The molecule has 1 heterocycles. The van der Waals surface area contributed by atoms with Gasteiger partial charge in [-0.25, -0.2) is 9.59 Å². The van der Waals surface area contributed by atoms with Crippen molar-refractivity contribution in [2.24, 2.45) is 0 Å². The summed E-state index contributed by atoms with van der Waals surface area (Å²) in [6.45, 7) is 3.77. The van der Waals surface area contributed by atoms with Crippen molar-refractivity contribution in [2.45, 2.75) is 49.3 Å². The van der Waals surface area contributed by atoms with Crippen LogP contribution in [0.4, 0.5) is 15.3 Å². The normalized spacial score (nSPS) is 21.7. The highest BCUT2D eigenvalue weighted by Crippen LogP contribution is 2.48. The second-order valence-corrected chi connectivity index (χ2v) is 9.76. The van der Waals surface area contributed by atoms with Crippen molar-refractivity contribution in [1.29, 1.82) is 0 Å². The van der Waals surface area contributed by atoms with Gasteiger partial charge in [0.15, 0.2) is 5.78 Å². The molecule has 182 valence electrons. The first kappa shape index (κ1) is 26.8. The Kier molecular flexibility index (Phi) is 10.9. The second kappa shape index (κ2) is 13.3. The first-order chi connectivity index (χ1) is 15.9. The predicted molar refractivity (Wildman–Crippen MR) is 131 cm³/mol. The Bertz CT molecular complexity index is 826. The second-order valence-electron chi connectivity index (χ2n) is 7.19. The summed E-state index contributed by atoms with van der Waals surface area (Å²) >= 11 is 2.68. The first-order valence-electron chi connectivity index (χ1n) is 10.8. The maximum atomic E-state index is 13.3. The molecule has 11 heteroatoms. The van der Waals surface area contributed by atoms with Crippen LogP contribution in [0.15, 0.2) is 30.3 Å². The maximum absolute atomic E-state index is 13.3. The molecule has 0 saturated carbocycles. The smallest absolute Gasteiger partial charge is 0.407 e. The number of rotatable bonds is 11. The molecule has 0 bridgehead atoms. The number of nitrogens with one attached hydrogen (secondary N) is 3. The largest absolute Gasteiger partial charge is 0.450 e. The molecule has 0 spiro atoms. The molecule has 2 rings (SSSR count). The third kappa shape index (κ3) is 7.56. The zero-order chi connectivity index (χ0) is 24.3. The molecule has 1 aromatic rings. The molecular weight excluding hydrogens is 466 g/mol. The van der Waals surface area contributed by atoms with Crippen molar-refractivity contribution >= 4 is 53.1 Å². The minimum absolute atomic E-state index is 0.109. The topological polar surface area (TPSA) is 123 Å². The van der Waals surface area contributed by atoms with Gasteiger partial charge in [0.05, 0.1) is 25.3 Å². The standard InChI is InChI=1S/C22H31N3O6S2/c1-4-30-20(28)24-16-14-33-22(32-3,19(16)25-21(29)31-5-2)17(26)12-9-13-18(27)23-15-10-7-6-8-11-15/h6-8,10-11,16,19H,4-5,9,12-14H2,1-3H3,(H,23,27)(H,24,28)(H,25,29)/t16-,19+,22?/m1/s1. The maximum Gasteiger partial charge on any atom is 0.407 e. The molecule has 0 radical (unpaired) electrons. The molecule has 1 aliphatic heterocycles. The molecule has 3 amide bonds. The van der Waals surface area contributed by atoms with Crippen molar-refractivity contribution in [2.75, 3.05) is 30.5 Å². The molecule has 1 unspecified atom stereocenters. The molecule has 3 N–H and O–H groups in total. The Morgan fingerprint density at radius 1 is 1.03 bits per heavy atom. The number of carbonyl (C=O) groups is 4. The van der Waals surface area contributed by atoms with Crippen LogP contribution in [0.5, 0.6) is 0 Å². The molecule has 1 fully saturated rings. The van der Waals surface area contributed by atoms with Crippen LogP contribution in [0.25, 0.3) is 0 Å². The lowest BCUT2D eigenvalue weighted by atomic mass is 9.99. The number of ketones is 1. The number of carbonyl (C=O) groups excluding carboxylic acids is 4. The fourth-order valence-corrected chi connectivity index (χ4v) is 6.34. The SMILES string of the molecule is CCOC(=O)N[C@@H]1CSC(SC)(C(=O)CCCC(=O)Nc2ccccc2)[C@H]1NC(=O)OCC. The van der Waals surface area contributed by atoms with E-state index in [1.165, 1.54) is 23.5 Å². The van der Waals surface area contributed by atoms with Crippen LogP contribution in [-0.2, 0) is 19.1 Å². The van der Waals surface area contributed by atoms with Gasteiger partial charge in [0.2, 0.25) is 5.91 Å². The molecule has 0 aromatic heterocycles. The number of para-hydroxylation sites is 1. The Morgan fingerprint density at radius 3 is 2.27 bits per heavy atom. The van der Waals surface area contributed by atoms with Crippen LogP contribution < -0.4 is 16.0 Å². The Hall–Kier alpha value is -2.40. The molecule has 3 atom stereocenters. The molecule has 33 heavy (non-hydrogen) atoms. The minimum Gasteiger partial charge on any atom is -0.450 e. The fraction of sp³-hybridized carbons (Fsp3) is 0.545. The van der Waals surface area contributed by atoms with Gasteiger partial charge in [-0.1, -0.05) is 18.2 Å². The van der Waals surface area contributed by atoms with Gasteiger partial charge in [-0.2, -0.15) is 0 Å². The van der Waals surface area contributed by atoms with E-state index in [2.05, 4.69) is 16.0 Å². The summed E-state index contributed by atoms with van der Waals surface area (Å²) < 4.78 is 8.96. The lowest BCUT2D eigenvalue weighted by Crippen LogP contribution is -2.59. The molecule has 1 saturated heterocycles. The highest BCUT2D eigenvalue weighted by Gasteiger charge is 2.55. The molecule has 0 aliphatic carbocycles. The van der Waals surface area contributed by atoms with Crippen molar-refractivity contribution in [3.8, 4) is 0 Å². The van der Waals surface area contributed by atoms with Crippen LogP contribution >= 0.6 is 23.5 Å². The van der Waals surface area contributed by atoms with E-state index in [-0.39, 0.29) is 37.7 Å². The van der Waals surface area contributed by atoms with Crippen molar-refractivity contribution in [1.82, 2.24) is 10.6 Å². The minimum atomic E-state index is -1.02. The van der Waals surface area contributed by atoms with Crippen molar-refractivity contribution < 1.29 is 28.7 Å². The van der Waals surface area contributed by atoms with E-state index in [4.69, 9.17) is 9.47 Å². The highest BCUT2D eigenvalue weighted by atomic mass is 32.2. The van der Waals surface area contributed by atoms with Gasteiger partial charge in [0, 0.05) is 24.3 Å². The van der Waals surface area contributed by atoms with E-state index in [1.54, 1.807) is 32.2 Å². The van der Waals surface area contributed by atoms with Gasteiger partial charge < -0.3 is 25.4 Å². The quantitative estimate of drug-likeness (QED) is 0.425. The van der Waals surface area contributed by atoms with Gasteiger partial charge >= 0.3 is 12.2 Å². The number of benzene rings is 1. The van der Waals surface area contributed by atoms with E-state index in [1.807, 2.05) is 18.2 Å². The zero-order valence-corrected chi connectivity index (χ0v) is 20.7. The number of thioether (sulfide) groups is 2. The highest BCUT2D eigenvalue weighted by molar-refractivity contribution is 8.19. The van der Waals surface area contributed by atoms with Gasteiger partial charge in [0.1, 0.15) is 4.08 Å². The fourth-order valence-electron chi connectivity index (χ4n) is 3.49. The average molecular weight is 498 g/mol. The van der Waals surface area contributed by atoms with E-state index in [9.17, 15) is 19.2 Å². The average Bonchev–Trinajstić information content (AvgIpc) is 3.12. The number of alkyl carbamates (subject to hydrolysis) is 2. The van der Waals surface area contributed by atoms with Gasteiger partial charge in [-0.3, -0.25) is 9.59 Å². The lowest BCUT2D eigenvalue weighted by molar-refractivity contribution is -0.120. The van der Waals surface area contributed by atoms with E-state index in [0.717, 1.165) is 0 Å². The third-order valence-electron chi connectivity index (χ3n) is 4.97. The third-order valence-corrected chi connectivity index (χ3v) is 8.35. The summed E-state index contributed by atoms with van der Waals surface area (Å²) in [5.74, 6) is 0.133. The molecular formula is C22H31N3O6S2. The Labute approximate surface area is 202 Å².